The van der Waals surface area contributed by atoms with Crippen molar-refractivity contribution in [2.75, 3.05) is 0 Å². The lowest BCUT2D eigenvalue weighted by Gasteiger charge is -2.41. The van der Waals surface area contributed by atoms with Crippen molar-refractivity contribution in [1.82, 2.24) is 0 Å². The van der Waals surface area contributed by atoms with Crippen molar-refractivity contribution in [1.29, 1.82) is 0 Å². The third kappa shape index (κ3) is 3.32. The molecule has 0 aromatic heterocycles. The van der Waals surface area contributed by atoms with Gasteiger partial charge in [-0.05, 0) is 25.0 Å². The number of hydrogen-bond acceptors (Lipinski definition) is 1. The number of alkyl halides is 3. The maximum atomic E-state index is 13.8. The molecule has 1 saturated carbocycles. The lowest BCUT2D eigenvalue weighted by Crippen LogP contribution is -2.40. The molecule has 1 aromatic carbocycles. The molecule has 1 aromatic rings. The van der Waals surface area contributed by atoms with E-state index in [1.807, 2.05) is 0 Å². The first-order chi connectivity index (χ1) is 9.68. The van der Waals surface area contributed by atoms with Gasteiger partial charge in [0.1, 0.15) is 5.82 Å². The van der Waals surface area contributed by atoms with Crippen molar-refractivity contribution in [2.24, 2.45) is 0 Å². The maximum Gasteiger partial charge on any atom is 0.390 e. The SMILES string of the molecule is O=P(O)(c1ccccc1F)C1(CC(F)(F)F)CCCCC1. The van der Waals surface area contributed by atoms with E-state index in [1.54, 1.807) is 0 Å². The van der Waals surface area contributed by atoms with Crippen LogP contribution in [0, 0.1) is 5.82 Å². The van der Waals surface area contributed by atoms with E-state index >= 15 is 0 Å². The van der Waals surface area contributed by atoms with Crippen molar-refractivity contribution in [2.45, 2.75) is 49.9 Å². The maximum absolute atomic E-state index is 13.8. The molecule has 1 unspecified atom stereocenters. The van der Waals surface area contributed by atoms with Crippen LogP contribution in [0.2, 0.25) is 0 Å². The Kier molecular flexibility index (Phi) is 4.50. The third-order valence-corrected chi connectivity index (χ3v) is 7.04. The first-order valence-electron chi connectivity index (χ1n) is 6.83. The lowest BCUT2D eigenvalue weighted by atomic mass is 9.85. The molecular formula is C14H17F4O2P. The second-order valence-electron chi connectivity index (χ2n) is 5.60. The molecular weight excluding hydrogens is 307 g/mol. The predicted octanol–water partition coefficient (Wildman–Crippen LogP) is 4.38. The van der Waals surface area contributed by atoms with Gasteiger partial charge in [-0.3, -0.25) is 4.57 Å². The fraction of sp³-hybridized carbons (Fsp3) is 0.571. The highest BCUT2D eigenvalue weighted by molar-refractivity contribution is 7.67. The normalized spacial score (nSPS) is 21.8. The Bertz CT molecular complexity index is 550. The smallest absolute Gasteiger partial charge is 0.341 e. The van der Waals surface area contributed by atoms with Crippen LogP contribution in [0.25, 0.3) is 0 Å². The van der Waals surface area contributed by atoms with E-state index in [4.69, 9.17) is 0 Å². The highest BCUT2D eigenvalue weighted by Crippen LogP contribution is 2.63. The number of halogens is 4. The largest absolute Gasteiger partial charge is 0.390 e. The standard InChI is InChI=1S/C14H17F4O2P/c15-11-6-2-3-7-12(11)21(19,20)13(10-14(16,17)18)8-4-1-5-9-13/h2-3,6-7H,1,4-5,8-10H2,(H,19,20). The summed E-state index contributed by atoms with van der Waals surface area (Å²) in [4.78, 5) is 10.4. The fourth-order valence-electron chi connectivity index (χ4n) is 3.12. The Labute approximate surface area is 120 Å². The Morgan fingerprint density at radius 1 is 1.14 bits per heavy atom. The van der Waals surface area contributed by atoms with E-state index in [9.17, 15) is 27.0 Å². The van der Waals surface area contributed by atoms with Crippen molar-refractivity contribution in [3.63, 3.8) is 0 Å². The second-order valence-corrected chi connectivity index (χ2v) is 8.19. The van der Waals surface area contributed by atoms with Crippen molar-refractivity contribution >= 4 is 12.7 Å². The first kappa shape index (κ1) is 16.5. The minimum atomic E-state index is -4.55. The van der Waals surface area contributed by atoms with Crippen LogP contribution >= 0.6 is 7.37 Å². The molecule has 21 heavy (non-hydrogen) atoms. The van der Waals surface area contributed by atoms with E-state index in [-0.39, 0.29) is 12.8 Å². The van der Waals surface area contributed by atoms with Crippen LogP contribution < -0.4 is 5.30 Å². The van der Waals surface area contributed by atoms with Gasteiger partial charge in [0.05, 0.1) is 16.9 Å². The molecule has 1 aliphatic rings. The molecule has 1 atom stereocenters. The van der Waals surface area contributed by atoms with E-state index in [0.29, 0.717) is 12.8 Å². The molecule has 0 spiro atoms. The number of hydrogen-bond donors (Lipinski definition) is 1. The summed E-state index contributed by atoms with van der Waals surface area (Å²) in [5.74, 6) is -0.921. The predicted molar refractivity (Wildman–Crippen MR) is 72.3 cm³/mol. The Hall–Kier alpha value is -0.870. The van der Waals surface area contributed by atoms with Crippen LogP contribution in [-0.2, 0) is 4.57 Å². The molecule has 0 bridgehead atoms. The van der Waals surface area contributed by atoms with E-state index < -0.39 is 36.2 Å². The van der Waals surface area contributed by atoms with Gasteiger partial charge in [-0.2, -0.15) is 13.2 Å². The van der Waals surface area contributed by atoms with Gasteiger partial charge in [-0.1, -0.05) is 31.4 Å². The van der Waals surface area contributed by atoms with E-state index in [0.717, 1.165) is 18.6 Å². The average molecular weight is 324 g/mol. The average Bonchev–Trinajstić information content (AvgIpc) is 2.38. The Balaban J connectivity index is 2.49. The molecule has 0 radical (unpaired) electrons. The van der Waals surface area contributed by atoms with Gasteiger partial charge in [-0.25, -0.2) is 4.39 Å². The van der Waals surface area contributed by atoms with Gasteiger partial charge in [0.15, 0.2) is 0 Å². The van der Waals surface area contributed by atoms with Crippen LogP contribution in [0.3, 0.4) is 0 Å². The van der Waals surface area contributed by atoms with E-state index in [2.05, 4.69) is 0 Å². The van der Waals surface area contributed by atoms with Crippen molar-refractivity contribution in [3.8, 4) is 0 Å². The van der Waals surface area contributed by atoms with Crippen LogP contribution in [0.5, 0.6) is 0 Å². The van der Waals surface area contributed by atoms with Crippen LogP contribution in [0.1, 0.15) is 38.5 Å². The summed E-state index contributed by atoms with van der Waals surface area (Å²) >= 11 is 0. The van der Waals surface area contributed by atoms with E-state index in [1.165, 1.54) is 12.1 Å². The minimum absolute atomic E-state index is 0.00534. The summed E-state index contributed by atoms with van der Waals surface area (Å²) in [5.41, 5.74) is 0. The van der Waals surface area contributed by atoms with Gasteiger partial charge in [0.25, 0.3) is 0 Å². The summed E-state index contributed by atoms with van der Waals surface area (Å²) in [7, 11) is -4.48. The van der Waals surface area contributed by atoms with Gasteiger partial charge < -0.3 is 4.89 Å². The molecule has 0 heterocycles. The molecule has 7 heteroatoms. The molecule has 1 fully saturated rings. The van der Waals surface area contributed by atoms with Gasteiger partial charge in [0.2, 0.25) is 7.37 Å². The summed E-state index contributed by atoms with van der Waals surface area (Å²) in [6.07, 6.45) is -4.27. The topological polar surface area (TPSA) is 37.3 Å². The molecule has 1 N–H and O–H groups in total. The quantitative estimate of drug-likeness (QED) is 0.662. The molecule has 0 saturated heterocycles. The molecule has 1 aliphatic carbocycles. The summed E-state index contributed by atoms with van der Waals surface area (Å²) < 4.78 is 65.4. The van der Waals surface area contributed by atoms with Crippen molar-refractivity contribution in [3.05, 3.63) is 30.1 Å². The van der Waals surface area contributed by atoms with Crippen LogP contribution in [0.15, 0.2) is 24.3 Å². The zero-order valence-corrected chi connectivity index (χ0v) is 12.3. The lowest BCUT2D eigenvalue weighted by molar-refractivity contribution is -0.143. The second kappa shape index (κ2) is 5.73. The number of benzene rings is 1. The molecule has 2 nitrogen and oxygen atoms in total. The Morgan fingerprint density at radius 3 is 2.24 bits per heavy atom. The zero-order chi connectivity index (χ0) is 15.7. The highest BCUT2D eigenvalue weighted by atomic mass is 31.2. The fourth-order valence-corrected chi connectivity index (χ4v) is 5.60. The molecule has 0 aliphatic heterocycles. The zero-order valence-electron chi connectivity index (χ0n) is 11.4. The van der Waals surface area contributed by atoms with Gasteiger partial charge >= 0.3 is 6.18 Å². The minimum Gasteiger partial charge on any atom is -0.341 e. The highest BCUT2D eigenvalue weighted by Gasteiger charge is 2.55. The monoisotopic (exact) mass is 324 g/mol. The summed E-state index contributed by atoms with van der Waals surface area (Å²) in [5, 5.41) is -2.29. The molecule has 0 amide bonds. The van der Waals surface area contributed by atoms with Gasteiger partial charge in [-0.15, -0.1) is 0 Å². The van der Waals surface area contributed by atoms with Crippen molar-refractivity contribution < 1.29 is 27.0 Å². The Morgan fingerprint density at radius 2 is 1.71 bits per heavy atom. The molecule has 118 valence electrons. The van der Waals surface area contributed by atoms with Crippen LogP contribution in [0.4, 0.5) is 17.6 Å². The third-order valence-electron chi connectivity index (χ3n) is 4.14. The first-order valence-corrected chi connectivity index (χ1v) is 8.49. The van der Waals surface area contributed by atoms with Crippen LogP contribution in [-0.4, -0.2) is 16.2 Å². The molecule has 2 rings (SSSR count). The summed E-state index contributed by atoms with van der Waals surface area (Å²) in [6.45, 7) is 0. The number of rotatable bonds is 3. The summed E-state index contributed by atoms with van der Waals surface area (Å²) in [6, 6.07) is 4.83. The van der Waals surface area contributed by atoms with Gasteiger partial charge in [0, 0.05) is 0 Å².